The quantitative estimate of drug-likeness (QED) is 0.714. The number of carbonyl (C=O) groups excluding carboxylic acids is 1. The average molecular weight is 233 g/mol. The average Bonchev–Trinajstić information content (AvgIpc) is 2.08. The number of nitrogens with two attached hydrogens (primary N) is 1. The molecule has 1 unspecified atom stereocenters. The third kappa shape index (κ3) is 2.00. The Balaban J connectivity index is 0.000000980. The number of hydrogen-bond donors (Lipinski definition) is 2. The van der Waals surface area contributed by atoms with Crippen LogP contribution in [0.3, 0.4) is 0 Å². The Morgan fingerprint density at radius 3 is 2.93 bits per heavy atom. The molecule has 76 valence electrons. The molecular formula is C9H10Cl2N2O. The first kappa shape index (κ1) is 11.3. The molecule has 0 spiro atoms. The normalized spacial score (nSPS) is 19.3. The standard InChI is InChI=1S/C9H9ClN2O.ClH/c10-6-1-2-8-5(3-6)4-7(11)9(13)12-8;/h1-3,7H,4,11H2,(H,12,13);1H. The van der Waals surface area contributed by atoms with Crippen molar-refractivity contribution in [3.8, 4) is 0 Å². The lowest BCUT2D eigenvalue weighted by molar-refractivity contribution is -0.117. The first-order valence-corrected chi connectivity index (χ1v) is 4.39. The number of halogens is 2. The second kappa shape index (κ2) is 4.17. The molecule has 0 saturated heterocycles. The molecule has 0 fully saturated rings. The number of anilines is 1. The fraction of sp³-hybridized carbons (Fsp3) is 0.222. The molecule has 5 heteroatoms. The molecule has 1 atom stereocenters. The molecular weight excluding hydrogens is 223 g/mol. The molecule has 3 nitrogen and oxygen atoms in total. The van der Waals surface area contributed by atoms with Crippen molar-refractivity contribution in [2.45, 2.75) is 12.5 Å². The Morgan fingerprint density at radius 2 is 2.21 bits per heavy atom. The number of amides is 1. The summed E-state index contributed by atoms with van der Waals surface area (Å²) in [4.78, 5) is 11.2. The second-order valence-electron chi connectivity index (χ2n) is 3.10. The minimum atomic E-state index is -0.453. The van der Waals surface area contributed by atoms with E-state index >= 15 is 0 Å². The van der Waals surface area contributed by atoms with Gasteiger partial charge in [-0.1, -0.05) is 11.6 Å². The number of benzene rings is 1. The van der Waals surface area contributed by atoms with Crippen LogP contribution in [0, 0.1) is 0 Å². The summed E-state index contributed by atoms with van der Waals surface area (Å²) >= 11 is 5.81. The first-order valence-electron chi connectivity index (χ1n) is 4.01. The number of hydrogen-bond acceptors (Lipinski definition) is 2. The van der Waals surface area contributed by atoms with E-state index in [-0.39, 0.29) is 18.3 Å². The summed E-state index contributed by atoms with van der Waals surface area (Å²) in [6.07, 6.45) is 0.557. The van der Waals surface area contributed by atoms with Crippen molar-refractivity contribution in [2.24, 2.45) is 5.73 Å². The van der Waals surface area contributed by atoms with Crippen molar-refractivity contribution in [1.29, 1.82) is 0 Å². The molecule has 1 amide bonds. The van der Waals surface area contributed by atoms with Gasteiger partial charge in [-0.25, -0.2) is 0 Å². The number of carbonyl (C=O) groups is 1. The maximum atomic E-state index is 11.2. The van der Waals surface area contributed by atoms with Crippen molar-refractivity contribution in [1.82, 2.24) is 0 Å². The summed E-state index contributed by atoms with van der Waals surface area (Å²) < 4.78 is 0. The molecule has 2 rings (SSSR count). The van der Waals surface area contributed by atoms with Gasteiger partial charge in [-0.15, -0.1) is 12.4 Å². The van der Waals surface area contributed by atoms with Crippen molar-refractivity contribution >= 4 is 35.6 Å². The van der Waals surface area contributed by atoms with Gasteiger partial charge in [0.2, 0.25) is 5.91 Å². The van der Waals surface area contributed by atoms with E-state index in [0.717, 1.165) is 11.3 Å². The Bertz CT molecular complexity index is 368. The lowest BCUT2D eigenvalue weighted by Crippen LogP contribution is -2.40. The molecule has 0 aliphatic carbocycles. The van der Waals surface area contributed by atoms with Crippen LogP contribution in [-0.2, 0) is 11.2 Å². The van der Waals surface area contributed by atoms with E-state index in [4.69, 9.17) is 17.3 Å². The van der Waals surface area contributed by atoms with Gasteiger partial charge in [0, 0.05) is 10.7 Å². The van der Waals surface area contributed by atoms with E-state index in [2.05, 4.69) is 5.32 Å². The van der Waals surface area contributed by atoms with E-state index in [0.29, 0.717) is 11.4 Å². The van der Waals surface area contributed by atoms with Crippen molar-refractivity contribution in [3.63, 3.8) is 0 Å². The van der Waals surface area contributed by atoms with Crippen LogP contribution in [0.1, 0.15) is 5.56 Å². The molecule has 0 radical (unpaired) electrons. The van der Waals surface area contributed by atoms with Crippen LogP contribution in [0.4, 0.5) is 5.69 Å². The SMILES string of the molecule is Cl.NC1Cc2cc(Cl)ccc2NC1=O. The molecule has 1 heterocycles. The van der Waals surface area contributed by atoms with Crippen LogP contribution < -0.4 is 11.1 Å². The molecule has 1 aliphatic rings. The number of nitrogens with one attached hydrogen (secondary N) is 1. The molecule has 0 bridgehead atoms. The Kier molecular flexibility index (Phi) is 3.37. The zero-order chi connectivity index (χ0) is 9.42. The molecule has 14 heavy (non-hydrogen) atoms. The summed E-state index contributed by atoms with van der Waals surface area (Å²) in [5.74, 6) is -0.130. The highest BCUT2D eigenvalue weighted by Crippen LogP contribution is 2.24. The zero-order valence-corrected chi connectivity index (χ0v) is 8.86. The third-order valence-electron chi connectivity index (χ3n) is 2.10. The molecule has 1 aromatic carbocycles. The number of fused-ring (bicyclic) bond motifs is 1. The van der Waals surface area contributed by atoms with E-state index in [1.165, 1.54) is 0 Å². The van der Waals surface area contributed by atoms with E-state index in [1.807, 2.05) is 6.07 Å². The van der Waals surface area contributed by atoms with Gasteiger partial charge in [-0.2, -0.15) is 0 Å². The van der Waals surface area contributed by atoms with E-state index < -0.39 is 6.04 Å². The summed E-state index contributed by atoms with van der Waals surface area (Å²) in [7, 11) is 0. The van der Waals surface area contributed by atoms with Gasteiger partial charge >= 0.3 is 0 Å². The smallest absolute Gasteiger partial charge is 0.241 e. The molecule has 0 aromatic heterocycles. The van der Waals surface area contributed by atoms with Crippen molar-refractivity contribution in [3.05, 3.63) is 28.8 Å². The highest BCUT2D eigenvalue weighted by Gasteiger charge is 2.22. The fourth-order valence-electron chi connectivity index (χ4n) is 1.41. The summed E-state index contributed by atoms with van der Waals surface area (Å²) in [6.45, 7) is 0. The topological polar surface area (TPSA) is 55.1 Å². The van der Waals surface area contributed by atoms with Crippen LogP contribution in [0.15, 0.2) is 18.2 Å². The van der Waals surface area contributed by atoms with Crippen LogP contribution in [0.25, 0.3) is 0 Å². The summed E-state index contributed by atoms with van der Waals surface area (Å²) in [6, 6.07) is 4.92. The predicted molar refractivity (Wildman–Crippen MR) is 59.0 cm³/mol. The van der Waals surface area contributed by atoms with Gasteiger partial charge in [-0.3, -0.25) is 4.79 Å². The second-order valence-corrected chi connectivity index (χ2v) is 3.54. The zero-order valence-electron chi connectivity index (χ0n) is 7.29. The highest BCUT2D eigenvalue weighted by molar-refractivity contribution is 6.30. The minimum absolute atomic E-state index is 0. The van der Waals surface area contributed by atoms with Crippen molar-refractivity contribution < 1.29 is 4.79 Å². The lowest BCUT2D eigenvalue weighted by atomic mass is 10.00. The summed E-state index contributed by atoms with van der Waals surface area (Å²) in [5.41, 5.74) is 7.40. The third-order valence-corrected chi connectivity index (χ3v) is 2.34. The Labute approximate surface area is 93.0 Å². The molecule has 1 aromatic rings. The van der Waals surface area contributed by atoms with Crippen LogP contribution in [-0.4, -0.2) is 11.9 Å². The first-order chi connectivity index (χ1) is 6.16. The van der Waals surface area contributed by atoms with Gasteiger partial charge in [0.25, 0.3) is 0 Å². The number of rotatable bonds is 0. The molecule has 0 saturated carbocycles. The lowest BCUT2D eigenvalue weighted by Gasteiger charge is -2.21. The largest absolute Gasteiger partial charge is 0.324 e. The van der Waals surface area contributed by atoms with Crippen LogP contribution in [0.5, 0.6) is 0 Å². The predicted octanol–water partition coefficient (Wildman–Crippen LogP) is 1.58. The van der Waals surface area contributed by atoms with Gasteiger partial charge in [0.1, 0.15) is 0 Å². The Hall–Kier alpha value is -0.770. The van der Waals surface area contributed by atoms with E-state index in [9.17, 15) is 4.79 Å². The van der Waals surface area contributed by atoms with Crippen molar-refractivity contribution in [2.75, 3.05) is 5.32 Å². The van der Waals surface area contributed by atoms with Gasteiger partial charge < -0.3 is 11.1 Å². The fourth-order valence-corrected chi connectivity index (χ4v) is 1.60. The van der Waals surface area contributed by atoms with Crippen LogP contribution >= 0.6 is 24.0 Å². The van der Waals surface area contributed by atoms with Gasteiger partial charge in [-0.05, 0) is 30.2 Å². The molecule has 1 aliphatic heterocycles. The highest BCUT2D eigenvalue weighted by atomic mass is 35.5. The summed E-state index contributed by atoms with van der Waals surface area (Å²) in [5, 5.41) is 3.38. The minimum Gasteiger partial charge on any atom is -0.324 e. The maximum Gasteiger partial charge on any atom is 0.241 e. The maximum absolute atomic E-state index is 11.2. The van der Waals surface area contributed by atoms with Crippen LogP contribution in [0.2, 0.25) is 5.02 Å². The molecule has 3 N–H and O–H groups in total. The van der Waals surface area contributed by atoms with E-state index in [1.54, 1.807) is 12.1 Å². The Morgan fingerprint density at radius 1 is 1.50 bits per heavy atom. The monoisotopic (exact) mass is 232 g/mol. The van der Waals surface area contributed by atoms with Gasteiger partial charge in [0.05, 0.1) is 6.04 Å². The van der Waals surface area contributed by atoms with Gasteiger partial charge in [0.15, 0.2) is 0 Å².